The van der Waals surface area contributed by atoms with Gasteiger partial charge in [-0.2, -0.15) is 11.8 Å². The molecule has 1 aliphatic rings. The van der Waals surface area contributed by atoms with Crippen molar-refractivity contribution in [2.24, 2.45) is 0 Å². The van der Waals surface area contributed by atoms with Gasteiger partial charge in [0.2, 0.25) is 0 Å². The number of rotatable bonds is 7. The molecule has 96 valence electrons. The molecule has 0 bridgehead atoms. The predicted octanol–water partition coefficient (Wildman–Crippen LogP) is 2.59. The van der Waals surface area contributed by atoms with Crippen LogP contribution in [0.1, 0.15) is 40.0 Å². The van der Waals surface area contributed by atoms with Gasteiger partial charge in [0.05, 0.1) is 0 Å². The van der Waals surface area contributed by atoms with Crippen molar-refractivity contribution in [1.29, 1.82) is 0 Å². The Kier molecular flexibility index (Phi) is 7.50. The second kappa shape index (κ2) is 8.37. The maximum absolute atomic E-state index is 3.70. The van der Waals surface area contributed by atoms with E-state index < -0.39 is 0 Å². The van der Waals surface area contributed by atoms with E-state index in [0.29, 0.717) is 0 Å². The van der Waals surface area contributed by atoms with Crippen LogP contribution in [0.2, 0.25) is 0 Å². The monoisotopic (exact) mass is 244 g/mol. The molecule has 0 aromatic carbocycles. The molecule has 0 aromatic heterocycles. The summed E-state index contributed by atoms with van der Waals surface area (Å²) in [6.45, 7) is 10.6. The lowest BCUT2D eigenvalue weighted by Gasteiger charge is -2.35. The molecule has 0 saturated carbocycles. The minimum absolute atomic E-state index is 0.724. The maximum Gasteiger partial charge on any atom is 0.00914 e. The quantitative estimate of drug-likeness (QED) is 0.693. The van der Waals surface area contributed by atoms with Crippen molar-refractivity contribution in [3.8, 4) is 0 Å². The van der Waals surface area contributed by atoms with Crippen molar-refractivity contribution in [3.63, 3.8) is 0 Å². The Labute approximate surface area is 106 Å². The van der Waals surface area contributed by atoms with Gasteiger partial charge in [0.15, 0.2) is 0 Å². The first-order chi connectivity index (χ1) is 7.74. The molecular weight excluding hydrogens is 216 g/mol. The molecule has 1 aliphatic heterocycles. The van der Waals surface area contributed by atoms with Gasteiger partial charge in [-0.1, -0.05) is 6.92 Å². The molecule has 1 fully saturated rings. The zero-order valence-corrected chi connectivity index (χ0v) is 12.0. The van der Waals surface area contributed by atoms with E-state index in [2.05, 4.69) is 42.7 Å². The van der Waals surface area contributed by atoms with Gasteiger partial charge in [-0.15, -0.1) is 0 Å². The standard InChI is InChI=1S/C13H28N2S/c1-4-16-11-5-8-14-13-6-9-15(10-7-13)12(2)3/h12-14H,4-11H2,1-3H3. The van der Waals surface area contributed by atoms with E-state index in [1.165, 1.54) is 50.4 Å². The fourth-order valence-electron chi connectivity index (χ4n) is 2.24. The van der Waals surface area contributed by atoms with E-state index in [1.54, 1.807) is 0 Å². The number of thioether (sulfide) groups is 1. The Morgan fingerprint density at radius 3 is 2.56 bits per heavy atom. The smallest absolute Gasteiger partial charge is 0.00914 e. The van der Waals surface area contributed by atoms with E-state index in [-0.39, 0.29) is 0 Å². The van der Waals surface area contributed by atoms with Gasteiger partial charge >= 0.3 is 0 Å². The summed E-state index contributed by atoms with van der Waals surface area (Å²) in [6, 6.07) is 1.50. The molecule has 1 rings (SSSR count). The molecule has 0 unspecified atom stereocenters. The Morgan fingerprint density at radius 2 is 2.00 bits per heavy atom. The van der Waals surface area contributed by atoms with Crippen LogP contribution in [0.3, 0.4) is 0 Å². The summed E-state index contributed by atoms with van der Waals surface area (Å²) in [6.07, 6.45) is 3.99. The maximum atomic E-state index is 3.70. The van der Waals surface area contributed by atoms with Crippen LogP contribution in [0.15, 0.2) is 0 Å². The molecule has 3 heteroatoms. The Morgan fingerprint density at radius 1 is 1.31 bits per heavy atom. The average molecular weight is 244 g/mol. The second-order valence-electron chi connectivity index (χ2n) is 4.91. The van der Waals surface area contributed by atoms with Crippen molar-refractivity contribution in [2.75, 3.05) is 31.1 Å². The SMILES string of the molecule is CCSCCCNC1CCN(C(C)C)CC1. The molecule has 1 N–H and O–H groups in total. The van der Waals surface area contributed by atoms with Crippen molar-refractivity contribution < 1.29 is 0 Å². The number of nitrogens with one attached hydrogen (secondary N) is 1. The van der Waals surface area contributed by atoms with Crippen LogP contribution in [0, 0.1) is 0 Å². The Balaban J connectivity index is 1.99. The summed E-state index contributed by atoms with van der Waals surface area (Å²) in [5.41, 5.74) is 0. The zero-order valence-electron chi connectivity index (χ0n) is 11.2. The molecular formula is C13H28N2S. The minimum atomic E-state index is 0.724. The van der Waals surface area contributed by atoms with E-state index >= 15 is 0 Å². The lowest BCUT2D eigenvalue weighted by molar-refractivity contribution is 0.161. The van der Waals surface area contributed by atoms with Crippen LogP contribution in [-0.4, -0.2) is 48.1 Å². The molecule has 0 aromatic rings. The molecule has 1 heterocycles. The topological polar surface area (TPSA) is 15.3 Å². The summed E-state index contributed by atoms with van der Waals surface area (Å²) in [5, 5.41) is 3.70. The molecule has 0 spiro atoms. The summed E-state index contributed by atoms with van der Waals surface area (Å²) in [5.74, 6) is 2.57. The molecule has 0 aliphatic carbocycles. The minimum Gasteiger partial charge on any atom is -0.314 e. The van der Waals surface area contributed by atoms with Gasteiger partial charge in [-0.25, -0.2) is 0 Å². The highest BCUT2D eigenvalue weighted by molar-refractivity contribution is 7.99. The lowest BCUT2D eigenvalue weighted by Crippen LogP contribution is -2.45. The van der Waals surface area contributed by atoms with Crippen molar-refractivity contribution >= 4 is 11.8 Å². The summed E-state index contributed by atoms with van der Waals surface area (Å²) in [7, 11) is 0. The third-order valence-corrected chi connectivity index (χ3v) is 4.35. The lowest BCUT2D eigenvalue weighted by atomic mass is 10.0. The number of piperidine rings is 1. The number of hydrogen-bond acceptors (Lipinski definition) is 3. The fraction of sp³-hybridized carbons (Fsp3) is 1.00. The molecule has 16 heavy (non-hydrogen) atoms. The van der Waals surface area contributed by atoms with Gasteiger partial charge in [0, 0.05) is 12.1 Å². The third-order valence-electron chi connectivity index (χ3n) is 3.36. The Hall–Kier alpha value is 0.270. The van der Waals surface area contributed by atoms with Gasteiger partial charge < -0.3 is 10.2 Å². The van der Waals surface area contributed by atoms with Crippen molar-refractivity contribution in [3.05, 3.63) is 0 Å². The molecule has 0 radical (unpaired) electrons. The average Bonchev–Trinajstić information content (AvgIpc) is 2.29. The third kappa shape index (κ3) is 5.55. The predicted molar refractivity (Wildman–Crippen MR) is 75.3 cm³/mol. The van der Waals surface area contributed by atoms with Crippen LogP contribution in [0.4, 0.5) is 0 Å². The van der Waals surface area contributed by atoms with Crippen molar-refractivity contribution in [1.82, 2.24) is 10.2 Å². The second-order valence-corrected chi connectivity index (χ2v) is 6.30. The van der Waals surface area contributed by atoms with Crippen LogP contribution < -0.4 is 5.32 Å². The number of hydrogen-bond donors (Lipinski definition) is 1. The summed E-state index contributed by atoms with van der Waals surface area (Å²) >= 11 is 2.05. The van der Waals surface area contributed by atoms with Crippen LogP contribution in [0.25, 0.3) is 0 Å². The van der Waals surface area contributed by atoms with E-state index in [4.69, 9.17) is 0 Å². The highest BCUT2D eigenvalue weighted by Crippen LogP contribution is 2.12. The van der Waals surface area contributed by atoms with E-state index in [0.717, 1.165) is 12.1 Å². The largest absolute Gasteiger partial charge is 0.314 e. The highest BCUT2D eigenvalue weighted by atomic mass is 32.2. The zero-order chi connectivity index (χ0) is 11.8. The summed E-state index contributed by atoms with van der Waals surface area (Å²) < 4.78 is 0. The first kappa shape index (κ1) is 14.3. The summed E-state index contributed by atoms with van der Waals surface area (Å²) in [4.78, 5) is 2.59. The number of nitrogens with zero attached hydrogens (tertiary/aromatic N) is 1. The van der Waals surface area contributed by atoms with Crippen molar-refractivity contribution in [2.45, 2.75) is 52.1 Å². The first-order valence-electron chi connectivity index (χ1n) is 6.79. The van der Waals surface area contributed by atoms with Crippen LogP contribution >= 0.6 is 11.8 Å². The highest BCUT2D eigenvalue weighted by Gasteiger charge is 2.19. The molecule has 1 saturated heterocycles. The van der Waals surface area contributed by atoms with Crippen LogP contribution in [0.5, 0.6) is 0 Å². The molecule has 0 amide bonds. The first-order valence-corrected chi connectivity index (χ1v) is 7.94. The molecule has 2 nitrogen and oxygen atoms in total. The van der Waals surface area contributed by atoms with Gasteiger partial charge in [0.25, 0.3) is 0 Å². The fourth-order valence-corrected chi connectivity index (χ4v) is 2.88. The normalized spacial score (nSPS) is 19.5. The van der Waals surface area contributed by atoms with Gasteiger partial charge in [0.1, 0.15) is 0 Å². The number of likely N-dealkylation sites (tertiary alicyclic amines) is 1. The van der Waals surface area contributed by atoms with Crippen LogP contribution in [-0.2, 0) is 0 Å². The van der Waals surface area contributed by atoms with E-state index in [9.17, 15) is 0 Å². The molecule has 0 atom stereocenters. The van der Waals surface area contributed by atoms with Gasteiger partial charge in [-0.05, 0) is 64.2 Å². The Bertz CT molecular complexity index is 165. The van der Waals surface area contributed by atoms with E-state index in [1.807, 2.05) is 0 Å². The van der Waals surface area contributed by atoms with Gasteiger partial charge in [-0.3, -0.25) is 0 Å².